The van der Waals surface area contributed by atoms with E-state index >= 15 is 0 Å². The number of rotatable bonds is 4. The SMILES string of the molecule is O=C([O-])[C@H]1CC=CC[C@H]1C(=O)NCc1ccc(F)cc1. The quantitative estimate of drug-likeness (QED) is 0.826. The summed E-state index contributed by atoms with van der Waals surface area (Å²) in [7, 11) is 0. The third-order valence-corrected chi connectivity index (χ3v) is 3.45. The Balaban J connectivity index is 1.95. The summed E-state index contributed by atoms with van der Waals surface area (Å²) < 4.78 is 12.7. The minimum absolute atomic E-state index is 0.249. The maximum Gasteiger partial charge on any atom is 0.224 e. The van der Waals surface area contributed by atoms with Crippen molar-refractivity contribution in [2.24, 2.45) is 11.8 Å². The van der Waals surface area contributed by atoms with Crippen molar-refractivity contribution in [2.45, 2.75) is 19.4 Å². The monoisotopic (exact) mass is 276 g/mol. The number of halogens is 1. The summed E-state index contributed by atoms with van der Waals surface area (Å²) >= 11 is 0. The van der Waals surface area contributed by atoms with Gasteiger partial charge in [0.2, 0.25) is 5.91 Å². The first-order chi connectivity index (χ1) is 9.58. The smallest absolute Gasteiger partial charge is 0.224 e. The van der Waals surface area contributed by atoms with Gasteiger partial charge in [-0.15, -0.1) is 0 Å². The lowest BCUT2D eigenvalue weighted by Gasteiger charge is -2.28. The zero-order chi connectivity index (χ0) is 14.5. The summed E-state index contributed by atoms with van der Waals surface area (Å²) in [5.41, 5.74) is 0.760. The largest absolute Gasteiger partial charge is 0.550 e. The van der Waals surface area contributed by atoms with E-state index in [0.717, 1.165) is 5.56 Å². The molecule has 5 heteroatoms. The normalized spacial score (nSPS) is 21.4. The standard InChI is InChI=1S/C15H16FNO3/c16-11-7-5-10(6-8-11)9-17-14(18)12-3-1-2-4-13(12)15(19)20/h1-2,5-8,12-13H,3-4,9H2,(H,17,18)(H,19,20)/p-1/t12-,13+/m1/s1. The summed E-state index contributed by atoms with van der Waals surface area (Å²) in [6.45, 7) is 0.249. The number of carbonyl (C=O) groups excluding carboxylic acids is 2. The van der Waals surface area contributed by atoms with E-state index in [1.807, 2.05) is 6.08 Å². The van der Waals surface area contributed by atoms with Gasteiger partial charge in [-0.05, 0) is 30.5 Å². The third-order valence-electron chi connectivity index (χ3n) is 3.45. The molecule has 4 nitrogen and oxygen atoms in total. The van der Waals surface area contributed by atoms with Crippen molar-refractivity contribution in [3.63, 3.8) is 0 Å². The van der Waals surface area contributed by atoms with E-state index in [1.165, 1.54) is 12.1 Å². The van der Waals surface area contributed by atoms with E-state index < -0.39 is 17.8 Å². The maximum atomic E-state index is 12.7. The first-order valence-electron chi connectivity index (χ1n) is 6.46. The number of carboxylic acids is 1. The highest BCUT2D eigenvalue weighted by Gasteiger charge is 2.29. The molecule has 0 spiro atoms. The highest BCUT2D eigenvalue weighted by atomic mass is 19.1. The molecule has 0 fully saturated rings. The summed E-state index contributed by atoms with van der Waals surface area (Å²) in [5, 5.41) is 13.7. The van der Waals surface area contributed by atoms with Gasteiger partial charge in [0.15, 0.2) is 0 Å². The fourth-order valence-corrected chi connectivity index (χ4v) is 2.29. The molecule has 1 aliphatic carbocycles. The van der Waals surface area contributed by atoms with E-state index in [0.29, 0.717) is 12.8 Å². The lowest BCUT2D eigenvalue weighted by molar-refractivity contribution is -0.313. The molecular weight excluding hydrogens is 261 g/mol. The Morgan fingerprint density at radius 1 is 1.15 bits per heavy atom. The average molecular weight is 276 g/mol. The zero-order valence-corrected chi connectivity index (χ0v) is 10.8. The topological polar surface area (TPSA) is 69.2 Å². The van der Waals surface area contributed by atoms with Crippen LogP contribution in [-0.2, 0) is 16.1 Å². The van der Waals surface area contributed by atoms with Crippen LogP contribution in [0.1, 0.15) is 18.4 Å². The number of carbonyl (C=O) groups is 2. The van der Waals surface area contributed by atoms with Gasteiger partial charge in [-0.2, -0.15) is 0 Å². The van der Waals surface area contributed by atoms with Crippen LogP contribution >= 0.6 is 0 Å². The van der Waals surface area contributed by atoms with Crippen molar-refractivity contribution in [3.05, 3.63) is 47.8 Å². The van der Waals surface area contributed by atoms with Crippen LogP contribution in [0.25, 0.3) is 0 Å². The van der Waals surface area contributed by atoms with Crippen LogP contribution < -0.4 is 10.4 Å². The van der Waals surface area contributed by atoms with Gasteiger partial charge in [0, 0.05) is 24.3 Å². The van der Waals surface area contributed by atoms with E-state index in [4.69, 9.17) is 0 Å². The van der Waals surface area contributed by atoms with E-state index in [9.17, 15) is 19.1 Å². The molecule has 0 heterocycles. The second-order valence-corrected chi connectivity index (χ2v) is 4.82. The first-order valence-corrected chi connectivity index (χ1v) is 6.46. The molecule has 2 rings (SSSR count). The van der Waals surface area contributed by atoms with Crippen LogP contribution in [0.15, 0.2) is 36.4 Å². The molecule has 2 atom stereocenters. The molecule has 0 radical (unpaired) electrons. The van der Waals surface area contributed by atoms with Crippen molar-refractivity contribution < 1.29 is 19.1 Å². The molecule has 0 aliphatic heterocycles. The number of carboxylic acid groups (broad SMARTS) is 1. The molecular formula is C15H15FNO3-. The summed E-state index contributed by atoms with van der Waals surface area (Å²) in [6, 6.07) is 5.78. The van der Waals surface area contributed by atoms with Crippen LogP contribution in [0, 0.1) is 17.7 Å². The molecule has 0 aromatic heterocycles. The van der Waals surface area contributed by atoms with Crippen LogP contribution in [0.5, 0.6) is 0 Å². The number of nitrogens with one attached hydrogen (secondary N) is 1. The molecule has 0 unspecified atom stereocenters. The van der Waals surface area contributed by atoms with E-state index in [1.54, 1.807) is 18.2 Å². The molecule has 0 saturated heterocycles. The van der Waals surface area contributed by atoms with Gasteiger partial charge in [0.25, 0.3) is 0 Å². The number of allylic oxidation sites excluding steroid dienone is 2. The van der Waals surface area contributed by atoms with Crippen molar-refractivity contribution in [1.82, 2.24) is 5.32 Å². The molecule has 0 saturated carbocycles. The zero-order valence-electron chi connectivity index (χ0n) is 10.8. The fourth-order valence-electron chi connectivity index (χ4n) is 2.29. The molecule has 1 N–H and O–H groups in total. The Hall–Kier alpha value is -2.17. The van der Waals surface area contributed by atoms with Gasteiger partial charge in [0.05, 0.1) is 0 Å². The predicted octanol–water partition coefficient (Wildman–Crippen LogP) is 0.774. The lowest BCUT2D eigenvalue weighted by atomic mass is 9.82. The second-order valence-electron chi connectivity index (χ2n) is 4.82. The number of aliphatic carboxylic acids is 1. The van der Waals surface area contributed by atoms with Gasteiger partial charge >= 0.3 is 0 Å². The molecule has 1 aromatic rings. The van der Waals surface area contributed by atoms with Crippen molar-refractivity contribution >= 4 is 11.9 Å². The number of benzene rings is 1. The van der Waals surface area contributed by atoms with Gasteiger partial charge in [0.1, 0.15) is 5.82 Å². The number of hydrogen-bond acceptors (Lipinski definition) is 3. The fraction of sp³-hybridized carbons (Fsp3) is 0.333. The van der Waals surface area contributed by atoms with E-state index in [2.05, 4.69) is 5.32 Å². The molecule has 1 aliphatic rings. The lowest BCUT2D eigenvalue weighted by Crippen LogP contribution is -2.43. The van der Waals surface area contributed by atoms with Crippen molar-refractivity contribution in [3.8, 4) is 0 Å². The first kappa shape index (κ1) is 14.2. The summed E-state index contributed by atoms with van der Waals surface area (Å²) in [4.78, 5) is 23.1. The molecule has 20 heavy (non-hydrogen) atoms. The molecule has 0 bridgehead atoms. The average Bonchev–Trinajstić information content (AvgIpc) is 2.46. The van der Waals surface area contributed by atoms with Gasteiger partial charge in [-0.25, -0.2) is 4.39 Å². The van der Waals surface area contributed by atoms with Crippen molar-refractivity contribution in [1.29, 1.82) is 0 Å². The Kier molecular flexibility index (Phi) is 4.50. The highest BCUT2D eigenvalue weighted by molar-refractivity contribution is 5.84. The third kappa shape index (κ3) is 3.44. The van der Waals surface area contributed by atoms with Gasteiger partial charge in [-0.1, -0.05) is 24.3 Å². The number of amides is 1. The molecule has 106 valence electrons. The maximum absolute atomic E-state index is 12.7. The van der Waals surface area contributed by atoms with Crippen LogP contribution in [0.4, 0.5) is 4.39 Å². The van der Waals surface area contributed by atoms with Crippen LogP contribution in [0.2, 0.25) is 0 Å². The van der Waals surface area contributed by atoms with Crippen LogP contribution in [-0.4, -0.2) is 11.9 Å². The van der Waals surface area contributed by atoms with Crippen LogP contribution in [0.3, 0.4) is 0 Å². The second kappa shape index (κ2) is 6.32. The van der Waals surface area contributed by atoms with Gasteiger partial charge in [-0.3, -0.25) is 4.79 Å². The Morgan fingerprint density at radius 2 is 1.75 bits per heavy atom. The highest BCUT2D eigenvalue weighted by Crippen LogP contribution is 2.25. The minimum Gasteiger partial charge on any atom is -0.550 e. The predicted molar refractivity (Wildman–Crippen MR) is 68.6 cm³/mol. The Labute approximate surface area is 116 Å². The van der Waals surface area contributed by atoms with E-state index in [-0.39, 0.29) is 18.3 Å². The minimum atomic E-state index is -1.20. The molecule has 1 amide bonds. The molecule has 1 aromatic carbocycles. The summed E-state index contributed by atoms with van der Waals surface area (Å²) in [5.74, 6) is -3.24. The number of hydrogen-bond donors (Lipinski definition) is 1. The summed E-state index contributed by atoms with van der Waals surface area (Å²) in [6.07, 6.45) is 4.27. The van der Waals surface area contributed by atoms with Crippen molar-refractivity contribution in [2.75, 3.05) is 0 Å². The van der Waals surface area contributed by atoms with Gasteiger partial charge < -0.3 is 15.2 Å². The Bertz CT molecular complexity index is 524. The Morgan fingerprint density at radius 3 is 2.35 bits per heavy atom.